The topological polar surface area (TPSA) is 29.5 Å². The molecule has 0 aromatic heterocycles. The summed E-state index contributed by atoms with van der Waals surface area (Å²) in [5.41, 5.74) is 0. The normalized spacial score (nSPS) is 23.2. The van der Waals surface area contributed by atoms with Crippen LogP contribution in [0.15, 0.2) is 0 Å². The van der Waals surface area contributed by atoms with Crippen molar-refractivity contribution in [3.63, 3.8) is 0 Å². The second-order valence-corrected chi connectivity index (χ2v) is 4.27. The van der Waals surface area contributed by atoms with Gasteiger partial charge < -0.3 is 4.74 Å². The number of nitrogens with zero attached hydrogens (tertiary/aromatic N) is 1. The third-order valence-corrected chi connectivity index (χ3v) is 2.84. The Kier molecular flexibility index (Phi) is 5.24. The van der Waals surface area contributed by atoms with Gasteiger partial charge in [-0.15, -0.1) is 0 Å². The maximum absolute atomic E-state index is 12.2. The summed E-state index contributed by atoms with van der Waals surface area (Å²) in [6.07, 6.45) is -2.48. The summed E-state index contributed by atoms with van der Waals surface area (Å²) in [6, 6.07) is 0. The van der Waals surface area contributed by atoms with Crippen LogP contribution in [0.1, 0.15) is 26.2 Å². The van der Waals surface area contributed by atoms with E-state index in [1.54, 1.807) is 6.92 Å². The lowest BCUT2D eigenvalue weighted by atomic mass is 10.0. The van der Waals surface area contributed by atoms with Crippen LogP contribution >= 0.6 is 0 Å². The first-order valence-electron chi connectivity index (χ1n) is 5.88. The minimum Gasteiger partial charge on any atom is -0.466 e. The summed E-state index contributed by atoms with van der Waals surface area (Å²) in [4.78, 5) is 12.8. The number of rotatable bonds is 3. The minimum atomic E-state index is -4.16. The van der Waals surface area contributed by atoms with Gasteiger partial charge in [0, 0.05) is 0 Å². The van der Waals surface area contributed by atoms with Gasteiger partial charge in [-0.25, -0.2) is 0 Å². The molecule has 0 aromatic rings. The third kappa shape index (κ3) is 5.39. The number of hydrogen-bond acceptors (Lipinski definition) is 3. The number of esters is 1. The summed E-state index contributed by atoms with van der Waals surface area (Å²) >= 11 is 0. The Hall–Kier alpha value is -0.780. The van der Waals surface area contributed by atoms with Crippen LogP contribution in [0.3, 0.4) is 0 Å². The summed E-state index contributed by atoms with van der Waals surface area (Å²) in [7, 11) is 0. The van der Waals surface area contributed by atoms with Gasteiger partial charge in [-0.1, -0.05) is 0 Å². The molecule has 100 valence electrons. The van der Waals surface area contributed by atoms with Gasteiger partial charge >= 0.3 is 12.1 Å². The molecule has 1 heterocycles. The number of hydrogen-bond donors (Lipinski definition) is 0. The fraction of sp³-hybridized carbons (Fsp3) is 0.909. The molecule has 0 radical (unpaired) electrons. The van der Waals surface area contributed by atoms with Crippen molar-refractivity contribution in [2.75, 3.05) is 26.2 Å². The molecule has 0 aromatic carbocycles. The number of ether oxygens (including phenoxy) is 1. The Labute approximate surface area is 98.9 Å². The fourth-order valence-corrected chi connectivity index (χ4v) is 2.06. The first-order chi connectivity index (χ1) is 7.92. The zero-order valence-corrected chi connectivity index (χ0v) is 9.92. The van der Waals surface area contributed by atoms with Crippen LogP contribution in [0.2, 0.25) is 0 Å². The van der Waals surface area contributed by atoms with Crippen LogP contribution in [0, 0.1) is 5.92 Å². The molecule has 0 saturated carbocycles. The van der Waals surface area contributed by atoms with E-state index in [0.717, 1.165) is 0 Å². The van der Waals surface area contributed by atoms with E-state index in [1.807, 2.05) is 0 Å². The lowest BCUT2D eigenvalue weighted by Crippen LogP contribution is -2.35. The Bertz CT molecular complexity index is 256. The molecule has 1 atom stereocenters. The van der Waals surface area contributed by atoms with Crippen molar-refractivity contribution < 1.29 is 22.7 Å². The van der Waals surface area contributed by atoms with Crippen molar-refractivity contribution in [1.82, 2.24) is 4.90 Å². The van der Waals surface area contributed by atoms with Gasteiger partial charge in [0.2, 0.25) is 0 Å². The molecule has 1 saturated heterocycles. The van der Waals surface area contributed by atoms with Crippen LogP contribution in [0.25, 0.3) is 0 Å². The van der Waals surface area contributed by atoms with E-state index >= 15 is 0 Å². The molecule has 0 aliphatic carbocycles. The highest BCUT2D eigenvalue weighted by atomic mass is 19.4. The molecule has 6 heteroatoms. The van der Waals surface area contributed by atoms with Crippen molar-refractivity contribution in [2.45, 2.75) is 32.4 Å². The second kappa shape index (κ2) is 6.23. The molecule has 0 spiro atoms. The van der Waals surface area contributed by atoms with Crippen LogP contribution in [-0.2, 0) is 9.53 Å². The molecule has 1 aliphatic heterocycles. The lowest BCUT2D eigenvalue weighted by Gasteiger charge is -2.21. The lowest BCUT2D eigenvalue weighted by molar-refractivity contribution is -0.148. The van der Waals surface area contributed by atoms with Gasteiger partial charge in [-0.05, 0) is 39.3 Å². The van der Waals surface area contributed by atoms with Gasteiger partial charge in [-0.2, -0.15) is 13.2 Å². The molecule has 0 amide bonds. The van der Waals surface area contributed by atoms with E-state index in [9.17, 15) is 18.0 Å². The Morgan fingerprint density at radius 3 is 2.65 bits per heavy atom. The highest BCUT2D eigenvalue weighted by Crippen LogP contribution is 2.22. The molecule has 3 nitrogen and oxygen atoms in total. The predicted molar refractivity (Wildman–Crippen MR) is 56.5 cm³/mol. The van der Waals surface area contributed by atoms with Gasteiger partial charge in [-0.3, -0.25) is 9.69 Å². The average molecular weight is 253 g/mol. The second-order valence-electron chi connectivity index (χ2n) is 4.27. The summed E-state index contributed by atoms with van der Waals surface area (Å²) in [5.74, 6) is -0.519. The van der Waals surface area contributed by atoms with Crippen LogP contribution in [0.4, 0.5) is 13.2 Å². The molecule has 17 heavy (non-hydrogen) atoms. The molecular formula is C11H18F3NO2. The van der Waals surface area contributed by atoms with Crippen molar-refractivity contribution in [3.8, 4) is 0 Å². The third-order valence-electron chi connectivity index (χ3n) is 2.84. The minimum absolute atomic E-state index is 0.242. The number of likely N-dealkylation sites (tertiary alicyclic amines) is 1. The zero-order chi connectivity index (χ0) is 12.9. The Morgan fingerprint density at radius 2 is 2.06 bits per heavy atom. The number of carbonyl (C=O) groups is 1. The van der Waals surface area contributed by atoms with Crippen LogP contribution in [-0.4, -0.2) is 43.3 Å². The Morgan fingerprint density at radius 1 is 1.35 bits per heavy atom. The fourth-order valence-electron chi connectivity index (χ4n) is 2.06. The highest BCUT2D eigenvalue weighted by Gasteiger charge is 2.32. The first kappa shape index (κ1) is 14.3. The standard InChI is InChI=1S/C11H18F3NO2/c1-2-17-10(16)9-4-3-6-15(7-5-9)8-11(12,13)14/h9H,2-8H2,1H3. The van der Waals surface area contributed by atoms with Gasteiger partial charge in [0.25, 0.3) is 0 Å². The highest BCUT2D eigenvalue weighted by molar-refractivity contribution is 5.72. The monoisotopic (exact) mass is 253 g/mol. The van der Waals surface area contributed by atoms with Crippen molar-refractivity contribution in [2.24, 2.45) is 5.92 Å². The largest absolute Gasteiger partial charge is 0.466 e. The molecule has 0 N–H and O–H groups in total. The van der Waals surface area contributed by atoms with E-state index in [1.165, 1.54) is 4.90 Å². The summed E-state index contributed by atoms with van der Waals surface area (Å²) < 4.78 is 41.5. The summed E-state index contributed by atoms with van der Waals surface area (Å²) in [6.45, 7) is 1.87. The van der Waals surface area contributed by atoms with E-state index < -0.39 is 12.7 Å². The molecule has 1 fully saturated rings. The van der Waals surface area contributed by atoms with E-state index in [-0.39, 0.29) is 11.9 Å². The van der Waals surface area contributed by atoms with E-state index in [4.69, 9.17) is 4.74 Å². The SMILES string of the molecule is CCOC(=O)C1CCCN(CC(F)(F)F)CC1. The van der Waals surface area contributed by atoms with Crippen LogP contribution in [0.5, 0.6) is 0 Å². The van der Waals surface area contributed by atoms with Crippen LogP contribution < -0.4 is 0 Å². The maximum atomic E-state index is 12.2. The summed E-state index contributed by atoms with van der Waals surface area (Å²) in [5, 5.41) is 0. The quantitative estimate of drug-likeness (QED) is 0.722. The first-order valence-corrected chi connectivity index (χ1v) is 5.88. The van der Waals surface area contributed by atoms with Crippen molar-refractivity contribution in [1.29, 1.82) is 0 Å². The smallest absolute Gasteiger partial charge is 0.401 e. The van der Waals surface area contributed by atoms with Gasteiger partial charge in [0.05, 0.1) is 19.1 Å². The molecule has 0 bridgehead atoms. The van der Waals surface area contributed by atoms with Crippen molar-refractivity contribution in [3.05, 3.63) is 0 Å². The number of alkyl halides is 3. The van der Waals surface area contributed by atoms with E-state index in [0.29, 0.717) is 39.0 Å². The zero-order valence-electron chi connectivity index (χ0n) is 9.92. The van der Waals surface area contributed by atoms with E-state index in [2.05, 4.69) is 0 Å². The van der Waals surface area contributed by atoms with Crippen molar-refractivity contribution >= 4 is 5.97 Å². The predicted octanol–water partition coefficient (Wildman–Crippen LogP) is 2.21. The molecule has 1 aliphatic rings. The molecule has 1 rings (SSSR count). The Balaban J connectivity index is 2.42. The molecular weight excluding hydrogens is 235 g/mol. The van der Waals surface area contributed by atoms with Gasteiger partial charge in [0.1, 0.15) is 0 Å². The maximum Gasteiger partial charge on any atom is 0.401 e. The number of carbonyl (C=O) groups excluding carboxylic acids is 1. The molecule has 1 unspecified atom stereocenters. The average Bonchev–Trinajstić information content (AvgIpc) is 2.41. The van der Waals surface area contributed by atoms with Gasteiger partial charge in [0.15, 0.2) is 0 Å². The number of halogens is 3.